The van der Waals surface area contributed by atoms with Crippen molar-refractivity contribution in [2.45, 2.75) is 31.1 Å². The third kappa shape index (κ3) is 4.21. The van der Waals surface area contributed by atoms with Crippen LogP contribution < -0.4 is 15.5 Å². The molecule has 3 aliphatic heterocycles. The lowest BCUT2D eigenvalue weighted by Crippen LogP contribution is -2.54. The molecule has 2 atom stereocenters. The van der Waals surface area contributed by atoms with E-state index in [-0.39, 0.29) is 24.8 Å². The number of piperidine rings is 2. The maximum Gasteiger partial charge on any atom is 0.269 e. The Bertz CT molecular complexity index is 1060. The van der Waals surface area contributed by atoms with Crippen LogP contribution in [0.1, 0.15) is 30.9 Å². The van der Waals surface area contributed by atoms with Gasteiger partial charge < -0.3 is 15.1 Å². The molecule has 2 unspecified atom stereocenters. The lowest BCUT2D eigenvalue weighted by molar-refractivity contribution is -0.134. The van der Waals surface area contributed by atoms with E-state index in [0.29, 0.717) is 37.3 Å². The fourth-order valence-electron chi connectivity index (χ4n) is 5.43. The number of piperazine rings is 1. The SMILES string of the molecule is Cn1nc(C2CCC(=O)NC2=O)c2cccc(N3CCC(CN4CCNCC4)C(F)(F)C3)c21. The van der Waals surface area contributed by atoms with Crippen LogP contribution in [0, 0.1) is 5.92 Å². The van der Waals surface area contributed by atoms with Crippen LogP contribution in [-0.2, 0) is 16.6 Å². The molecule has 0 saturated carbocycles. The van der Waals surface area contributed by atoms with Gasteiger partial charge in [-0.2, -0.15) is 5.10 Å². The fraction of sp³-hybridized carbons (Fsp3) is 0.609. The number of aromatic nitrogens is 2. The van der Waals surface area contributed by atoms with Gasteiger partial charge in [0.15, 0.2) is 0 Å². The molecule has 2 N–H and O–H groups in total. The summed E-state index contributed by atoms with van der Waals surface area (Å²) in [6, 6.07) is 5.56. The minimum atomic E-state index is -2.80. The number of imide groups is 1. The molecule has 3 aliphatic rings. The summed E-state index contributed by atoms with van der Waals surface area (Å²) >= 11 is 0. The summed E-state index contributed by atoms with van der Waals surface area (Å²) < 4.78 is 32.2. The van der Waals surface area contributed by atoms with Gasteiger partial charge in [-0.05, 0) is 18.9 Å². The van der Waals surface area contributed by atoms with Crippen molar-refractivity contribution in [1.82, 2.24) is 25.3 Å². The first-order valence-corrected chi connectivity index (χ1v) is 11.7. The number of rotatable bonds is 4. The number of hydrogen-bond donors (Lipinski definition) is 2. The highest BCUT2D eigenvalue weighted by Gasteiger charge is 2.45. The molecule has 0 aliphatic carbocycles. The molecule has 0 radical (unpaired) electrons. The third-order valence-electron chi connectivity index (χ3n) is 7.22. The maximum atomic E-state index is 15.3. The first-order valence-electron chi connectivity index (χ1n) is 11.7. The molecule has 8 nitrogen and oxygen atoms in total. The molecule has 0 bridgehead atoms. The third-order valence-corrected chi connectivity index (χ3v) is 7.22. The number of benzene rings is 1. The number of fused-ring (bicyclic) bond motifs is 1. The van der Waals surface area contributed by atoms with Gasteiger partial charge in [-0.25, -0.2) is 8.78 Å². The van der Waals surface area contributed by atoms with E-state index in [4.69, 9.17) is 0 Å². The molecular formula is C23H30F2N6O2. The average Bonchev–Trinajstić information content (AvgIpc) is 3.12. The van der Waals surface area contributed by atoms with Crippen molar-refractivity contribution in [3.8, 4) is 0 Å². The van der Waals surface area contributed by atoms with E-state index in [1.54, 1.807) is 16.6 Å². The summed E-state index contributed by atoms with van der Waals surface area (Å²) in [4.78, 5) is 27.9. The Morgan fingerprint density at radius 3 is 2.67 bits per heavy atom. The summed E-state index contributed by atoms with van der Waals surface area (Å²) in [7, 11) is 1.77. The van der Waals surface area contributed by atoms with E-state index in [1.807, 2.05) is 18.2 Å². The second kappa shape index (κ2) is 8.64. The zero-order valence-electron chi connectivity index (χ0n) is 18.8. The molecule has 3 saturated heterocycles. The van der Waals surface area contributed by atoms with Gasteiger partial charge in [0.1, 0.15) is 0 Å². The summed E-state index contributed by atoms with van der Waals surface area (Å²) in [6.45, 7) is 3.97. The Hall–Kier alpha value is -2.59. The number of anilines is 1. The number of nitrogens with zero attached hydrogens (tertiary/aromatic N) is 4. The second-order valence-corrected chi connectivity index (χ2v) is 9.40. The Morgan fingerprint density at radius 2 is 1.94 bits per heavy atom. The largest absolute Gasteiger partial charge is 0.364 e. The van der Waals surface area contributed by atoms with Crippen LogP contribution >= 0.6 is 0 Å². The standard InChI is InChI=1S/C23H30F2N6O2/c1-29-21-16(20(28-29)17-5-6-19(32)27-22(17)33)3-2-4-18(21)31-10-7-15(23(24,25)14-31)13-30-11-8-26-9-12-30/h2-4,15,17,26H,5-14H2,1H3,(H,27,32,33). The molecule has 0 spiro atoms. The smallest absolute Gasteiger partial charge is 0.269 e. The fourth-order valence-corrected chi connectivity index (χ4v) is 5.43. The molecular weight excluding hydrogens is 430 g/mol. The van der Waals surface area contributed by atoms with Crippen molar-refractivity contribution in [2.75, 3.05) is 50.7 Å². The molecule has 3 fully saturated rings. The van der Waals surface area contributed by atoms with E-state index >= 15 is 8.78 Å². The van der Waals surface area contributed by atoms with E-state index in [2.05, 4.69) is 20.6 Å². The van der Waals surface area contributed by atoms with Gasteiger partial charge in [-0.1, -0.05) is 12.1 Å². The van der Waals surface area contributed by atoms with E-state index in [9.17, 15) is 9.59 Å². The normalized spacial score (nSPS) is 26.6. The van der Waals surface area contributed by atoms with E-state index in [0.717, 1.165) is 37.1 Å². The van der Waals surface area contributed by atoms with Crippen molar-refractivity contribution in [3.05, 3.63) is 23.9 Å². The Labute approximate surface area is 191 Å². The van der Waals surface area contributed by atoms with Crippen molar-refractivity contribution in [1.29, 1.82) is 0 Å². The molecule has 1 aromatic heterocycles. The number of nitrogens with one attached hydrogen (secondary N) is 2. The van der Waals surface area contributed by atoms with Crippen LogP contribution in [0.5, 0.6) is 0 Å². The zero-order chi connectivity index (χ0) is 23.2. The van der Waals surface area contributed by atoms with Gasteiger partial charge in [-0.15, -0.1) is 0 Å². The van der Waals surface area contributed by atoms with Crippen LogP contribution in [-0.4, -0.2) is 78.2 Å². The summed E-state index contributed by atoms with van der Waals surface area (Å²) in [5.41, 5.74) is 2.05. The Morgan fingerprint density at radius 1 is 1.15 bits per heavy atom. The molecule has 10 heteroatoms. The molecule has 2 aromatic rings. The zero-order valence-corrected chi connectivity index (χ0v) is 18.8. The molecule has 5 rings (SSSR count). The highest BCUT2D eigenvalue weighted by Crippen LogP contribution is 2.39. The lowest BCUT2D eigenvalue weighted by atomic mass is 9.90. The molecule has 1 aromatic carbocycles. The first-order chi connectivity index (χ1) is 15.8. The van der Waals surface area contributed by atoms with Gasteiger partial charge >= 0.3 is 0 Å². The number of para-hydroxylation sites is 1. The van der Waals surface area contributed by atoms with Crippen LogP contribution in [0.15, 0.2) is 18.2 Å². The predicted molar refractivity (Wildman–Crippen MR) is 120 cm³/mol. The quantitative estimate of drug-likeness (QED) is 0.673. The number of aryl methyl sites for hydroxylation is 1. The van der Waals surface area contributed by atoms with Crippen molar-refractivity contribution in [2.24, 2.45) is 13.0 Å². The first kappa shape index (κ1) is 22.2. The lowest BCUT2D eigenvalue weighted by Gasteiger charge is -2.42. The number of amides is 2. The molecule has 4 heterocycles. The predicted octanol–water partition coefficient (Wildman–Crippen LogP) is 1.46. The molecule has 178 valence electrons. The van der Waals surface area contributed by atoms with E-state index < -0.39 is 17.8 Å². The van der Waals surface area contributed by atoms with Gasteiger partial charge in [-0.3, -0.25) is 19.6 Å². The van der Waals surface area contributed by atoms with Gasteiger partial charge in [0.05, 0.1) is 29.4 Å². The minimum absolute atomic E-state index is 0.265. The van der Waals surface area contributed by atoms with Crippen LogP contribution in [0.25, 0.3) is 10.9 Å². The number of alkyl halides is 2. The van der Waals surface area contributed by atoms with Crippen LogP contribution in [0.2, 0.25) is 0 Å². The molecule has 33 heavy (non-hydrogen) atoms. The number of carbonyl (C=O) groups excluding carboxylic acids is 2. The number of halogens is 2. The van der Waals surface area contributed by atoms with Crippen LogP contribution in [0.4, 0.5) is 14.5 Å². The topological polar surface area (TPSA) is 82.5 Å². The number of carbonyl (C=O) groups is 2. The highest BCUT2D eigenvalue weighted by molar-refractivity contribution is 6.03. The maximum absolute atomic E-state index is 15.3. The summed E-state index contributed by atoms with van der Waals surface area (Å²) in [5.74, 6) is -4.60. The van der Waals surface area contributed by atoms with Crippen LogP contribution in [0.3, 0.4) is 0 Å². The Balaban J connectivity index is 1.40. The summed E-state index contributed by atoms with van der Waals surface area (Å²) in [5, 5.41) is 11.0. The molecule has 2 amide bonds. The minimum Gasteiger partial charge on any atom is -0.364 e. The highest BCUT2D eigenvalue weighted by atomic mass is 19.3. The van der Waals surface area contributed by atoms with Gasteiger partial charge in [0.25, 0.3) is 5.92 Å². The second-order valence-electron chi connectivity index (χ2n) is 9.40. The monoisotopic (exact) mass is 460 g/mol. The van der Waals surface area contributed by atoms with Gasteiger partial charge in [0.2, 0.25) is 11.8 Å². The van der Waals surface area contributed by atoms with Gasteiger partial charge in [0, 0.05) is 64.0 Å². The van der Waals surface area contributed by atoms with E-state index in [1.165, 1.54) is 0 Å². The van der Waals surface area contributed by atoms with Crippen molar-refractivity contribution < 1.29 is 18.4 Å². The Kier molecular flexibility index (Phi) is 5.82. The number of hydrogen-bond acceptors (Lipinski definition) is 6. The summed E-state index contributed by atoms with van der Waals surface area (Å²) in [6.07, 6.45) is 1.09. The average molecular weight is 461 g/mol. The van der Waals surface area contributed by atoms with Crippen molar-refractivity contribution in [3.63, 3.8) is 0 Å². The van der Waals surface area contributed by atoms with Crippen molar-refractivity contribution >= 4 is 28.4 Å².